The fourth-order valence-electron chi connectivity index (χ4n) is 2.04. The summed E-state index contributed by atoms with van der Waals surface area (Å²) in [5, 5.41) is 18.1. The Morgan fingerprint density at radius 3 is 2.62 bits per heavy atom. The first-order valence-electron chi connectivity index (χ1n) is 6.64. The Balaban J connectivity index is 2.11. The molecule has 2 N–H and O–H groups in total. The van der Waals surface area contributed by atoms with Gasteiger partial charge in [-0.3, -0.25) is 0 Å². The van der Waals surface area contributed by atoms with Crippen LogP contribution in [0.1, 0.15) is 28.7 Å². The average molecular weight is 287 g/mol. The van der Waals surface area contributed by atoms with Gasteiger partial charge in [-0.05, 0) is 12.5 Å². The van der Waals surface area contributed by atoms with Gasteiger partial charge in [0.15, 0.2) is 5.69 Å². The smallest absolute Gasteiger partial charge is 0.354 e. The first-order chi connectivity index (χ1) is 10.1. The second-order valence-electron chi connectivity index (χ2n) is 4.76. The number of aromatic nitrogens is 1. The molecule has 0 saturated carbocycles. The van der Waals surface area contributed by atoms with Gasteiger partial charge in [-0.1, -0.05) is 30.3 Å². The van der Waals surface area contributed by atoms with Crippen molar-refractivity contribution in [2.45, 2.75) is 26.1 Å². The molecule has 0 bridgehead atoms. The molecule has 0 radical (unpaired) electrons. The molecule has 0 unspecified atom stereocenters. The van der Waals surface area contributed by atoms with E-state index in [0.29, 0.717) is 12.2 Å². The zero-order valence-corrected chi connectivity index (χ0v) is 11.7. The Morgan fingerprint density at radius 1 is 1.29 bits per heavy atom. The standard InChI is InChI=1S/C16H17NO4/c1-11(7-12-5-3-2-4-6-12)21-14-8-13(10-18)17-15(9-14)16(19)20/h2-6,8-9,11,18H,7,10H2,1H3,(H,19,20)/t11-/m0/s1. The molecule has 0 saturated heterocycles. The quantitative estimate of drug-likeness (QED) is 0.852. The van der Waals surface area contributed by atoms with Crippen molar-refractivity contribution in [3.05, 3.63) is 59.4 Å². The zero-order chi connectivity index (χ0) is 15.2. The number of carboxylic acids is 1. The lowest BCUT2D eigenvalue weighted by Gasteiger charge is -2.15. The van der Waals surface area contributed by atoms with E-state index in [1.54, 1.807) is 6.07 Å². The molecule has 2 rings (SSSR count). The lowest BCUT2D eigenvalue weighted by molar-refractivity contribution is 0.0688. The molecule has 21 heavy (non-hydrogen) atoms. The van der Waals surface area contributed by atoms with Crippen molar-refractivity contribution < 1.29 is 19.7 Å². The summed E-state index contributed by atoms with van der Waals surface area (Å²) in [6, 6.07) is 12.8. The Morgan fingerprint density at radius 2 is 2.00 bits per heavy atom. The third-order valence-electron chi connectivity index (χ3n) is 2.94. The molecule has 0 amide bonds. The summed E-state index contributed by atoms with van der Waals surface area (Å²) < 4.78 is 5.74. The first kappa shape index (κ1) is 15.0. The third-order valence-corrected chi connectivity index (χ3v) is 2.94. The highest BCUT2D eigenvalue weighted by molar-refractivity contribution is 5.85. The van der Waals surface area contributed by atoms with Gasteiger partial charge >= 0.3 is 5.97 Å². The van der Waals surface area contributed by atoms with Gasteiger partial charge in [-0.25, -0.2) is 9.78 Å². The monoisotopic (exact) mass is 287 g/mol. The van der Waals surface area contributed by atoms with Crippen molar-refractivity contribution in [1.82, 2.24) is 4.98 Å². The van der Waals surface area contributed by atoms with E-state index >= 15 is 0 Å². The summed E-state index contributed by atoms with van der Waals surface area (Å²) in [7, 11) is 0. The molecule has 1 aromatic heterocycles. The maximum Gasteiger partial charge on any atom is 0.354 e. The molecule has 110 valence electrons. The Labute approximate surface area is 122 Å². The van der Waals surface area contributed by atoms with Gasteiger partial charge in [0.2, 0.25) is 0 Å². The molecule has 0 aliphatic heterocycles. The van der Waals surface area contributed by atoms with Gasteiger partial charge in [-0.15, -0.1) is 0 Å². The molecule has 5 heteroatoms. The minimum absolute atomic E-state index is 0.122. The first-order valence-corrected chi connectivity index (χ1v) is 6.64. The third kappa shape index (κ3) is 4.29. The van der Waals surface area contributed by atoms with Crippen LogP contribution in [0.4, 0.5) is 0 Å². The van der Waals surface area contributed by atoms with Crippen molar-refractivity contribution in [2.24, 2.45) is 0 Å². The van der Waals surface area contributed by atoms with Gasteiger partial charge in [0.1, 0.15) is 5.75 Å². The molecule has 0 aliphatic carbocycles. The molecule has 0 aliphatic rings. The number of benzene rings is 1. The average Bonchev–Trinajstić information content (AvgIpc) is 2.47. The fourth-order valence-corrected chi connectivity index (χ4v) is 2.04. The lowest BCUT2D eigenvalue weighted by Crippen LogP contribution is -2.16. The number of aliphatic hydroxyl groups excluding tert-OH is 1. The zero-order valence-electron chi connectivity index (χ0n) is 11.7. The van der Waals surface area contributed by atoms with E-state index in [1.165, 1.54) is 6.07 Å². The summed E-state index contributed by atoms with van der Waals surface area (Å²) in [5.41, 5.74) is 1.28. The summed E-state index contributed by atoms with van der Waals surface area (Å²) in [6.45, 7) is 1.58. The van der Waals surface area contributed by atoms with E-state index in [1.807, 2.05) is 37.3 Å². The molecule has 1 atom stereocenters. The Bertz CT molecular complexity index is 613. The number of pyridine rings is 1. The van der Waals surface area contributed by atoms with Crippen LogP contribution in [-0.4, -0.2) is 27.3 Å². The number of carboxylic acid groups (broad SMARTS) is 1. The van der Waals surface area contributed by atoms with E-state index < -0.39 is 5.97 Å². The maximum atomic E-state index is 11.0. The number of hydrogen-bond acceptors (Lipinski definition) is 4. The highest BCUT2D eigenvalue weighted by Gasteiger charge is 2.12. The number of ether oxygens (including phenoxy) is 1. The van der Waals surface area contributed by atoms with E-state index in [4.69, 9.17) is 14.9 Å². The lowest BCUT2D eigenvalue weighted by atomic mass is 10.1. The molecular weight excluding hydrogens is 270 g/mol. The van der Waals surface area contributed by atoms with Crippen LogP contribution >= 0.6 is 0 Å². The van der Waals surface area contributed by atoms with Crippen molar-refractivity contribution in [2.75, 3.05) is 0 Å². The van der Waals surface area contributed by atoms with Crippen LogP contribution in [0, 0.1) is 0 Å². The van der Waals surface area contributed by atoms with E-state index in [9.17, 15) is 4.79 Å². The molecule has 2 aromatic rings. The summed E-state index contributed by atoms with van der Waals surface area (Å²) in [6.07, 6.45) is 0.586. The minimum Gasteiger partial charge on any atom is -0.490 e. The van der Waals surface area contributed by atoms with E-state index in [2.05, 4.69) is 4.98 Å². The number of aliphatic hydroxyl groups is 1. The predicted octanol–water partition coefficient (Wildman–Crippen LogP) is 2.28. The molecular formula is C16H17NO4. The van der Waals surface area contributed by atoms with Gasteiger partial charge in [0.05, 0.1) is 18.4 Å². The largest absolute Gasteiger partial charge is 0.490 e. The van der Waals surface area contributed by atoms with E-state index in [-0.39, 0.29) is 24.1 Å². The van der Waals surface area contributed by atoms with Crippen LogP contribution in [0.3, 0.4) is 0 Å². The van der Waals surface area contributed by atoms with Crippen LogP contribution in [0.2, 0.25) is 0 Å². The van der Waals surface area contributed by atoms with Crippen LogP contribution in [-0.2, 0) is 13.0 Å². The van der Waals surface area contributed by atoms with E-state index in [0.717, 1.165) is 5.56 Å². The predicted molar refractivity (Wildman–Crippen MR) is 77.4 cm³/mol. The SMILES string of the molecule is C[C@@H](Cc1ccccc1)Oc1cc(CO)nc(C(=O)O)c1. The minimum atomic E-state index is -1.15. The van der Waals surface area contributed by atoms with Crippen molar-refractivity contribution >= 4 is 5.97 Å². The molecule has 1 aromatic carbocycles. The number of aromatic carboxylic acids is 1. The van der Waals surface area contributed by atoms with Crippen LogP contribution in [0.5, 0.6) is 5.75 Å². The van der Waals surface area contributed by atoms with Crippen LogP contribution < -0.4 is 4.74 Å². The number of nitrogens with zero attached hydrogens (tertiary/aromatic N) is 1. The summed E-state index contributed by atoms with van der Waals surface area (Å²) in [4.78, 5) is 14.8. The number of carbonyl (C=O) groups is 1. The van der Waals surface area contributed by atoms with Gasteiger partial charge in [0.25, 0.3) is 0 Å². The fraction of sp³-hybridized carbons (Fsp3) is 0.250. The summed E-state index contributed by atoms with van der Waals surface area (Å²) >= 11 is 0. The van der Waals surface area contributed by atoms with Gasteiger partial charge in [0, 0.05) is 18.6 Å². The topological polar surface area (TPSA) is 79.7 Å². The number of rotatable bonds is 6. The van der Waals surface area contributed by atoms with Crippen LogP contribution in [0.15, 0.2) is 42.5 Å². The normalized spacial score (nSPS) is 11.9. The summed E-state index contributed by atoms with van der Waals surface area (Å²) in [5.74, 6) is -0.749. The van der Waals surface area contributed by atoms with Crippen LogP contribution in [0.25, 0.3) is 0 Å². The van der Waals surface area contributed by atoms with Crippen molar-refractivity contribution in [3.8, 4) is 5.75 Å². The molecule has 5 nitrogen and oxygen atoms in total. The van der Waals surface area contributed by atoms with Gasteiger partial charge in [-0.2, -0.15) is 0 Å². The highest BCUT2D eigenvalue weighted by Crippen LogP contribution is 2.18. The van der Waals surface area contributed by atoms with Gasteiger partial charge < -0.3 is 14.9 Å². The second-order valence-corrected chi connectivity index (χ2v) is 4.76. The molecule has 1 heterocycles. The Hall–Kier alpha value is -2.40. The molecule has 0 spiro atoms. The van der Waals surface area contributed by atoms with Crippen molar-refractivity contribution in [3.63, 3.8) is 0 Å². The second kappa shape index (κ2) is 6.85. The number of hydrogen-bond donors (Lipinski definition) is 2. The molecule has 0 fully saturated rings. The maximum absolute atomic E-state index is 11.0. The highest BCUT2D eigenvalue weighted by atomic mass is 16.5. The Kier molecular flexibility index (Phi) is 4.90. The van der Waals surface area contributed by atoms with Crippen molar-refractivity contribution in [1.29, 1.82) is 0 Å².